The lowest BCUT2D eigenvalue weighted by atomic mass is 9.84. The zero-order valence-electron chi connectivity index (χ0n) is 16.7. The van der Waals surface area contributed by atoms with Gasteiger partial charge in [0, 0.05) is 46.7 Å². The number of nitrogens with one attached hydrogen (secondary N) is 1. The summed E-state index contributed by atoms with van der Waals surface area (Å²) in [5, 5.41) is 3.80. The quantitative estimate of drug-likeness (QED) is 0.604. The van der Waals surface area contributed by atoms with Crippen LogP contribution in [0.25, 0.3) is 0 Å². The number of halogens is 1. The Morgan fingerprint density at radius 1 is 1.19 bits per heavy atom. The third-order valence-corrected chi connectivity index (χ3v) is 8.18. The molecular weight excluding hydrogens is 435 g/mol. The molecule has 0 aliphatic carbocycles. The molecule has 3 aromatic rings. The Hall–Kier alpha value is -2.58. The molecule has 0 fully saturated rings. The van der Waals surface area contributed by atoms with E-state index in [1.54, 1.807) is 11.8 Å². The number of thioether (sulfide) groups is 1. The molecular formula is C23H21FN2O3S2. The fraction of sp³-hybridized carbons (Fsp3) is 0.304. The molecule has 8 heteroatoms. The molecule has 2 atom stereocenters. The molecule has 160 valence electrons. The van der Waals surface area contributed by atoms with Crippen LogP contribution in [-0.4, -0.2) is 22.8 Å². The van der Waals surface area contributed by atoms with E-state index in [0.29, 0.717) is 37.6 Å². The summed E-state index contributed by atoms with van der Waals surface area (Å²) in [6.07, 6.45) is 0.853. The SMILES string of the molecule is O=C(CCCn1c2c(sc1=O)[C@H]1c3ccccc3OC[C@@H]1CS2)Nc1ccc(F)cc1. The minimum atomic E-state index is -0.341. The summed E-state index contributed by atoms with van der Waals surface area (Å²) < 4.78 is 20.7. The van der Waals surface area contributed by atoms with Gasteiger partial charge in [0.05, 0.1) is 11.6 Å². The van der Waals surface area contributed by atoms with E-state index in [1.165, 1.54) is 35.6 Å². The van der Waals surface area contributed by atoms with Crippen LogP contribution in [0.4, 0.5) is 10.1 Å². The number of ether oxygens (including phenoxy) is 1. The number of benzene rings is 2. The van der Waals surface area contributed by atoms with E-state index in [9.17, 15) is 14.0 Å². The second-order valence-corrected chi connectivity index (χ2v) is 9.75. The van der Waals surface area contributed by atoms with E-state index < -0.39 is 0 Å². The number of carbonyl (C=O) groups excluding carboxylic acids is 1. The number of anilines is 1. The Kier molecular flexibility index (Phi) is 5.58. The number of carbonyl (C=O) groups is 1. The van der Waals surface area contributed by atoms with Crippen molar-refractivity contribution in [1.82, 2.24) is 4.57 Å². The summed E-state index contributed by atoms with van der Waals surface area (Å²) in [6, 6.07) is 13.8. The van der Waals surface area contributed by atoms with Crippen molar-refractivity contribution in [2.45, 2.75) is 30.3 Å². The normalized spacial score (nSPS) is 19.0. The molecule has 5 nitrogen and oxygen atoms in total. The van der Waals surface area contributed by atoms with Gasteiger partial charge in [-0.05, 0) is 36.8 Å². The number of para-hydroxylation sites is 1. The van der Waals surface area contributed by atoms with Gasteiger partial charge in [-0.15, -0.1) is 11.8 Å². The highest BCUT2D eigenvalue weighted by Gasteiger charge is 2.39. The lowest BCUT2D eigenvalue weighted by molar-refractivity contribution is -0.116. The summed E-state index contributed by atoms with van der Waals surface area (Å²) in [5.74, 6) is 1.89. The first-order valence-electron chi connectivity index (χ1n) is 10.2. The highest BCUT2D eigenvalue weighted by Crippen LogP contribution is 2.50. The number of fused-ring (bicyclic) bond motifs is 5. The molecule has 0 bridgehead atoms. The topological polar surface area (TPSA) is 60.3 Å². The third-order valence-electron chi connectivity index (χ3n) is 5.68. The van der Waals surface area contributed by atoms with Crippen molar-refractivity contribution < 1.29 is 13.9 Å². The van der Waals surface area contributed by atoms with E-state index in [1.807, 2.05) is 22.8 Å². The number of aromatic nitrogens is 1. The molecule has 1 N–H and O–H groups in total. The summed E-state index contributed by atoms with van der Waals surface area (Å²) in [5.41, 5.74) is 1.73. The smallest absolute Gasteiger partial charge is 0.308 e. The number of rotatable bonds is 5. The maximum atomic E-state index is 13.0. The Bertz CT molecular complexity index is 1170. The zero-order chi connectivity index (χ0) is 21.4. The van der Waals surface area contributed by atoms with Crippen LogP contribution in [0.15, 0.2) is 58.4 Å². The summed E-state index contributed by atoms with van der Waals surface area (Å²) in [6.45, 7) is 1.17. The molecule has 5 rings (SSSR count). The molecule has 0 saturated carbocycles. The van der Waals surface area contributed by atoms with Crippen LogP contribution in [-0.2, 0) is 11.3 Å². The van der Waals surface area contributed by atoms with Gasteiger partial charge < -0.3 is 10.1 Å². The molecule has 0 radical (unpaired) electrons. The van der Waals surface area contributed by atoms with Crippen LogP contribution in [0.3, 0.4) is 0 Å². The molecule has 3 heterocycles. The van der Waals surface area contributed by atoms with Crippen LogP contribution in [0.5, 0.6) is 5.75 Å². The van der Waals surface area contributed by atoms with Gasteiger partial charge in [-0.2, -0.15) is 0 Å². The third kappa shape index (κ3) is 4.02. The minimum Gasteiger partial charge on any atom is -0.493 e. The molecule has 2 aromatic carbocycles. The number of thiazole rings is 1. The van der Waals surface area contributed by atoms with Gasteiger partial charge in [-0.3, -0.25) is 14.2 Å². The van der Waals surface area contributed by atoms with Gasteiger partial charge in [-0.25, -0.2) is 4.39 Å². The maximum Gasteiger partial charge on any atom is 0.308 e. The van der Waals surface area contributed by atoms with Crippen LogP contribution < -0.4 is 14.9 Å². The second-order valence-electron chi connectivity index (χ2n) is 7.75. The number of hydrogen-bond acceptors (Lipinski definition) is 5. The second kappa shape index (κ2) is 8.51. The molecule has 0 spiro atoms. The highest BCUT2D eigenvalue weighted by atomic mass is 32.2. The van der Waals surface area contributed by atoms with E-state index in [4.69, 9.17) is 4.74 Å². The van der Waals surface area contributed by atoms with Gasteiger partial charge in [0.25, 0.3) is 0 Å². The Labute approximate surface area is 187 Å². The first kappa shape index (κ1) is 20.3. The number of nitrogens with zero attached hydrogens (tertiary/aromatic N) is 1. The maximum absolute atomic E-state index is 13.0. The van der Waals surface area contributed by atoms with Crippen molar-refractivity contribution in [1.29, 1.82) is 0 Å². The number of hydrogen-bond donors (Lipinski definition) is 1. The highest BCUT2D eigenvalue weighted by molar-refractivity contribution is 7.99. The summed E-state index contributed by atoms with van der Waals surface area (Å²) in [4.78, 5) is 26.2. The monoisotopic (exact) mass is 456 g/mol. The van der Waals surface area contributed by atoms with E-state index in [-0.39, 0.29) is 22.5 Å². The van der Waals surface area contributed by atoms with Gasteiger partial charge in [-0.1, -0.05) is 29.5 Å². The molecule has 0 saturated heterocycles. The van der Waals surface area contributed by atoms with E-state index in [0.717, 1.165) is 27.0 Å². The van der Waals surface area contributed by atoms with Crippen molar-refractivity contribution in [3.05, 3.63) is 74.5 Å². The fourth-order valence-corrected chi connectivity index (χ4v) is 6.95. The average Bonchev–Trinajstić information content (AvgIpc) is 3.10. The van der Waals surface area contributed by atoms with E-state index >= 15 is 0 Å². The fourth-order valence-electron chi connectivity index (χ4n) is 4.20. The molecule has 1 aromatic heterocycles. The van der Waals surface area contributed by atoms with Crippen molar-refractivity contribution >= 4 is 34.7 Å². The Morgan fingerprint density at radius 3 is 2.84 bits per heavy atom. The minimum absolute atomic E-state index is 0.0288. The largest absolute Gasteiger partial charge is 0.493 e. The average molecular weight is 457 g/mol. The van der Waals surface area contributed by atoms with Crippen LogP contribution in [0.2, 0.25) is 0 Å². The van der Waals surface area contributed by atoms with Gasteiger partial charge in [0.15, 0.2) is 0 Å². The van der Waals surface area contributed by atoms with Gasteiger partial charge >= 0.3 is 4.87 Å². The summed E-state index contributed by atoms with van der Waals surface area (Å²) >= 11 is 3.04. The molecule has 0 unspecified atom stereocenters. The summed E-state index contributed by atoms with van der Waals surface area (Å²) in [7, 11) is 0. The van der Waals surface area contributed by atoms with Crippen LogP contribution in [0, 0.1) is 11.7 Å². The van der Waals surface area contributed by atoms with Crippen molar-refractivity contribution in [2.24, 2.45) is 5.92 Å². The Balaban J connectivity index is 1.29. The molecule has 31 heavy (non-hydrogen) atoms. The lowest BCUT2D eigenvalue weighted by Crippen LogP contribution is -2.31. The zero-order valence-corrected chi connectivity index (χ0v) is 18.3. The van der Waals surface area contributed by atoms with Crippen LogP contribution >= 0.6 is 23.1 Å². The lowest BCUT2D eigenvalue weighted by Gasteiger charge is -2.36. The predicted octanol–water partition coefficient (Wildman–Crippen LogP) is 4.71. The van der Waals surface area contributed by atoms with Gasteiger partial charge in [0.1, 0.15) is 11.6 Å². The standard InChI is InChI=1S/C23H21FN2O3S2/c24-15-7-9-16(10-8-15)25-19(27)6-3-11-26-22-21(31-23(26)28)20-14(13-30-22)12-29-18-5-2-1-4-17(18)20/h1-2,4-5,7-10,14,20H,3,6,11-13H2,(H,25,27)/t14-,20-/m1/s1. The van der Waals surface area contributed by atoms with Crippen LogP contribution in [0.1, 0.15) is 29.2 Å². The first-order valence-corrected chi connectivity index (χ1v) is 12.0. The Morgan fingerprint density at radius 2 is 2.00 bits per heavy atom. The van der Waals surface area contributed by atoms with Crippen molar-refractivity contribution in [3.8, 4) is 5.75 Å². The molecule has 1 amide bonds. The van der Waals surface area contributed by atoms with Crippen molar-refractivity contribution in [2.75, 3.05) is 17.7 Å². The predicted molar refractivity (Wildman–Crippen MR) is 121 cm³/mol. The first-order chi connectivity index (χ1) is 15.1. The molecule has 2 aliphatic heterocycles. The number of amides is 1. The van der Waals surface area contributed by atoms with Crippen molar-refractivity contribution in [3.63, 3.8) is 0 Å². The van der Waals surface area contributed by atoms with E-state index in [2.05, 4.69) is 11.4 Å². The van der Waals surface area contributed by atoms with Gasteiger partial charge in [0.2, 0.25) is 5.91 Å². The molecule has 2 aliphatic rings.